The van der Waals surface area contributed by atoms with Gasteiger partial charge in [-0.15, -0.1) is 0 Å². The van der Waals surface area contributed by atoms with Gasteiger partial charge in [-0.1, -0.05) is 23.7 Å². The smallest absolute Gasteiger partial charge is 0.317 e. The number of carboxylic acid groups (broad SMARTS) is 1. The third-order valence-electron chi connectivity index (χ3n) is 2.58. The minimum absolute atomic E-state index is 0.0642. The maximum Gasteiger partial charge on any atom is 0.317 e. The number of benzene rings is 1. The Balaban J connectivity index is 2.53. The van der Waals surface area contributed by atoms with Gasteiger partial charge in [0.2, 0.25) is 0 Å². The number of carboxylic acids is 1. The van der Waals surface area contributed by atoms with Gasteiger partial charge in [-0.3, -0.25) is 9.69 Å². The van der Waals surface area contributed by atoms with Gasteiger partial charge in [-0.05, 0) is 38.1 Å². The van der Waals surface area contributed by atoms with Crippen LogP contribution in [0.15, 0.2) is 24.3 Å². The third-order valence-corrected chi connectivity index (χ3v) is 2.83. The van der Waals surface area contributed by atoms with Gasteiger partial charge in [-0.25, -0.2) is 0 Å². The summed E-state index contributed by atoms with van der Waals surface area (Å²) >= 11 is 5.79. The van der Waals surface area contributed by atoms with E-state index in [-0.39, 0.29) is 12.6 Å². The normalized spacial score (nSPS) is 12.8. The summed E-state index contributed by atoms with van der Waals surface area (Å²) in [4.78, 5) is 12.4. The van der Waals surface area contributed by atoms with Gasteiger partial charge in [0, 0.05) is 11.1 Å². The van der Waals surface area contributed by atoms with Gasteiger partial charge < -0.3 is 5.11 Å². The maximum atomic E-state index is 10.6. The molecule has 1 aromatic rings. The molecule has 0 aliphatic carbocycles. The minimum atomic E-state index is -0.801. The number of nitrogens with zero attached hydrogens (tertiary/aromatic N) is 1. The molecule has 88 valence electrons. The number of likely N-dealkylation sites (N-methyl/N-ethyl adjacent to an activating group) is 1. The molecular weight excluding hydrogens is 226 g/mol. The fraction of sp³-hybridized carbons (Fsp3) is 0.417. The zero-order valence-electron chi connectivity index (χ0n) is 9.48. The van der Waals surface area contributed by atoms with Crippen molar-refractivity contribution in [2.24, 2.45) is 0 Å². The summed E-state index contributed by atoms with van der Waals surface area (Å²) in [5, 5.41) is 9.39. The SMILES string of the molecule is CC(Cc1ccc(Cl)cc1)N(C)CC(=O)O. The first-order valence-corrected chi connectivity index (χ1v) is 5.53. The third kappa shape index (κ3) is 4.21. The molecular formula is C12H16ClNO2. The average molecular weight is 242 g/mol. The second-order valence-electron chi connectivity index (χ2n) is 3.99. The number of hydrogen-bond acceptors (Lipinski definition) is 2. The van der Waals surface area contributed by atoms with Crippen molar-refractivity contribution in [2.75, 3.05) is 13.6 Å². The largest absolute Gasteiger partial charge is 0.480 e. The van der Waals surface area contributed by atoms with Crippen LogP contribution >= 0.6 is 11.6 Å². The molecule has 0 heterocycles. The molecule has 0 saturated carbocycles. The van der Waals surface area contributed by atoms with Crippen molar-refractivity contribution in [3.63, 3.8) is 0 Å². The molecule has 0 bridgehead atoms. The molecule has 4 heteroatoms. The van der Waals surface area contributed by atoms with Crippen LogP contribution in [-0.4, -0.2) is 35.6 Å². The van der Waals surface area contributed by atoms with Crippen LogP contribution in [0.2, 0.25) is 5.02 Å². The molecule has 1 atom stereocenters. The molecule has 1 rings (SSSR count). The van der Waals surface area contributed by atoms with Crippen LogP contribution in [0.5, 0.6) is 0 Å². The molecule has 1 N–H and O–H groups in total. The van der Waals surface area contributed by atoms with E-state index >= 15 is 0 Å². The Kier molecular flexibility index (Phi) is 4.77. The van der Waals surface area contributed by atoms with Crippen LogP contribution in [-0.2, 0) is 11.2 Å². The van der Waals surface area contributed by atoms with Crippen molar-refractivity contribution in [3.8, 4) is 0 Å². The predicted molar refractivity (Wildman–Crippen MR) is 64.9 cm³/mol. The number of carbonyl (C=O) groups is 1. The van der Waals surface area contributed by atoms with Gasteiger partial charge in [0.25, 0.3) is 0 Å². The Labute approximate surface area is 101 Å². The van der Waals surface area contributed by atoms with E-state index in [0.717, 1.165) is 17.0 Å². The van der Waals surface area contributed by atoms with E-state index < -0.39 is 5.97 Å². The van der Waals surface area contributed by atoms with Gasteiger partial charge in [0.05, 0.1) is 6.54 Å². The van der Waals surface area contributed by atoms with Crippen molar-refractivity contribution >= 4 is 17.6 Å². The number of aliphatic carboxylic acids is 1. The molecule has 1 unspecified atom stereocenters. The molecule has 0 radical (unpaired) electrons. The van der Waals surface area contributed by atoms with Crippen LogP contribution in [0.3, 0.4) is 0 Å². The highest BCUT2D eigenvalue weighted by Crippen LogP contribution is 2.12. The zero-order chi connectivity index (χ0) is 12.1. The van der Waals surface area contributed by atoms with E-state index in [1.165, 1.54) is 0 Å². The molecule has 1 aromatic carbocycles. The van der Waals surface area contributed by atoms with Crippen molar-refractivity contribution in [3.05, 3.63) is 34.9 Å². The van der Waals surface area contributed by atoms with Crippen molar-refractivity contribution in [1.29, 1.82) is 0 Å². The highest BCUT2D eigenvalue weighted by atomic mass is 35.5. The van der Waals surface area contributed by atoms with Crippen LogP contribution < -0.4 is 0 Å². The first-order chi connectivity index (χ1) is 7.49. The summed E-state index contributed by atoms with van der Waals surface area (Å²) in [6.45, 7) is 2.08. The number of hydrogen-bond donors (Lipinski definition) is 1. The van der Waals surface area contributed by atoms with E-state index in [2.05, 4.69) is 0 Å². The van der Waals surface area contributed by atoms with E-state index in [1.807, 2.05) is 43.1 Å². The van der Waals surface area contributed by atoms with Crippen molar-refractivity contribution in [2.45, 2.75) is 19.4 Å². The van der Waals surface area contributed by atoms with Crippen LogP contribution in [0, 0.1) is 0 Å². The molecule has 0 fully saturated rings. The number of rotatable bonds is 5. The average Bonchev–Trinajstić information content (AvgIpc) is 2.20. The van der Waals surface area contributed by atoms with Crippen LogP contribution in [0.4, 0.5) is 0 Å². The molecule has 0 saturated heterocycles. The number of halogens is 1. The summed E-state index contributed by atoms with van der Waals surface area (Å²) in [6.07, 6.45) is 0.820. The Morgan fingerprint density at radius 2 is 2.00 bits per heavy atom. The Morgan fingerprint density at radius 3 is 2.50 bits per heavy atom. The van der Waals surface area contributed by atoms with Crippen LogP contribution in [0.1, 0.15) is 12.5 Å². The summed E-state index contributed by atoms with van der Waals surface area (Å²) < 4.78 is 0. The first-order valence-electron chi connectivity index (χ1n) is 5.15. The summed E-state index contributed by atoms with van der Waals surface area (Å²) in [7, 11) is 1.81. The fourth-order valence-corrected chi connectivity index (χ4v) is 1.61. The summed E-state index contributed by atoms with van der Waals surface area (Å²) in [5.41, 5.74) is 1.16. The molecule has 0 spiro atoms. The van der Waals surface area contributed by atoms with E-state index in [4.69, 9.17) is 16.7 Å². The van der Waals surface area contributed by atoms with Crippen molar-refractivity contribution in [1.82, 2.24) is 4.90 Å². The monoisotopic (exact) mass is 241 g/mol. The molecule has 0 aliphatic heterocycles. The second-order valence-corrected chi connectivity index (χ2v) is 4.42. The van der Waals surface area contributed by atoms with Crippen molar-refractivity contribution < 1.29 is 9.90 Å². The summed E-state index contributed by atoms with van der Waals surface area (Å²) in [6, 6.07) is 7.82. The van der Waals surface area contributed by atoms with E-state index in [1.54, 1.807) is 0 Å². The predicted octanol–water partition coefficient (Wildman–Crippen LogP) is 2.29. The lowest BCUT2D eigenvalue weighted by molar-refractivity contribution is -0.138. The van der Waals surface area contributed by atoms with E-state index in [0.29, 0.717) is 0 Å². The second kappa shape index (κ2) is 5.87. The van der Waals surface area contributed by atoms with E-state index in [9.17, 15) is 4.79 Å². The molecule has 0 aromatic heterocycles. The lowest BCUT2D eigenvalue weighted by Crippen LogP contribution is -2.35. The Hall–Kier alpha value is -1.06. The lowest BCUT2D eigenvalue weighted by atomic mass is 10.1. The molecule has 3 nitrogen and oxygen atoms in total. The molecule has 0 amide bonds. The quantitative estimate of drug-likeness (QED) is 0.860. The van der Waals surface area contributed by atoms with Gasteiger partial charge in [0.15, 0.2) is 0 Å². The van der Waals surface area contributed by atoms with Gasteiger partial charge >= 0.3 is 5.97 Å². The highest BCUT2D eigenvalue weighted by molar-refractivity contribution is 6.30. The standard InChI is InChI=1S/C12H16ClNO2/c1-9(14(2)8-12(15)16)7-10-3-5-11(13)6-4-10/h3-6,9H,7-8H2,1-2H3,(H,15,16). The minimum Gasteiger partial charge on any atom is -0.480 e. The topological polar surface area (TPSA) is 40.5 Å². The highest BCUT2D eigenvalue weighted by Gasteiger charge is 2.12. The lowest BCUT2D eigenvalue weighted by Gasteiger charge is -2.22. The maximum absolute atomic E-state index is 10.6. The van der Waals surface area contributed by atoms with Gasteiger partial charge in [0.1, 0.15) is 0 Å². The Morgan fingerprint density at radius 1 is 1.44 bits per heavy atom. The molecule has 16 heavy (non-hydrogen) atoms. The Bertz CT molecular complexity index is 351. The first kappa shape index (κ1) is 13.0. The van der Waals surface area contributed by atoms with Gasteiger partial charge in [-0.2, -0.15) is 0 Å². The zero-order valence-corrected chi connectivity index (χ0v) is 10.2. The van der Waals surface area contributed by atoms with Crippen LogP contribution in [0.25, 0.3) is 0 Å². The molecule has 0 aliphatic rings. The summed E-state index contributed by atoms with van der Waals surface area (Å²) in [5.74, 6) is -0.801. The fourth-order valence-electron chi connectivity index (χ4n) is 1.49.